The minimum Gasteiger partial charge on any atom is -0.361 e. The van der Waals surface area contributed by atoms with Crippen LogP contribution in [0.5, 0.6) is 0 Å². The molecule has 0 unspecified atom stereocenters. The minimum atomic E-state index is -0.174. The van der Waals surface area contributed by atoms with Crippen molar-refractivity contribution in [2.75, 3.05) is 5.32 Å². The van der Waals surface area contributed by atoms with Crippen molar-refractivity contribution in [3.63, 3.8) is 0 Å². The highest BCUT2D eigenvalue weighted by molar-refractivity contribution is 9.11. The first-order valence-corrected chi connectivity index (χ1v) is 8.20. The van der Waals surface area contributed by atoms with Crippen molar-refractivity contribution in [1.29, 1.82) is 0 Å². The second-order valence-electron chi connectivity index (χ2n) is 5.07. The highest BCUT2D eigenvalue weighted by atomic mass is 79.9. The zero-order valence-corrected chi connectivity index (χ0v) is 14.0. The van der Waals surface area contributed by atoms with Crippen LogP contribution in [-0.2, 0) is 0 Å². The molecule has 0 atom stereocenters. The van der Waals surface area contributed by atoms with E-state index in [0.717, 1.165) is 25.4 Å². The van der Waals surface area contributed by atoms with Crippen LogP contribution in [0.3, 0.4) is 0 Å². The van der Waals surface area contributed by atoms with Crippen LogP contribution in [-0.4, -0.2) is 15.9 Å². The Bertz CT molecular complexity index is 806. The van der Waals surface area contributed by atoms with Gasteiger partial charge in [0.25, 0.3) is 5.91 Å². The fourth-order valence-electron chi connectivity index (χ4n) is 2.17. The third-order valence-corrected chi connectivity index (χ3v) is 4.99. The maximum Gasteiger partial charge on any atom is 0.275 e. The Hall–Kier alpha value is -1.66. The number of benzene rings is 1. The molecule has 108 valence electrons. The van der Waals surface area contributed by atoms with Crippen molar-refractivity contribution in [2.45, 2.75) is 19.8 Å². The second kappa shape index (κ2) is 5.61. The average molecular weight is 364 g/mol. The summed E-state index contributed by atoms with van der Waals surface area (Å²) in [5, 5.41) is 4.03. The van der Waals surface area contributed by atoms with Gasteiger partial charge >= 0.3 is 0 Å². The van der Waals surface area contributed by atoms with E-state index in [-0.39, 0.29) is 11.8 Å². The molecule has 0 radical (unpaired) electrons. The predicted molar refractivity (Wildman–Crippen MR) is 90.2 cm³/mol. The van der Waals surface area contributed by atoms with Crippen LogP contribution in [0.4, 0.5) is 5.69 Å². The molecule has 0 saturated heterocycles. The number of anilines is 1. The molecule has 0 fully saturated rings. The van der Waals surface area contributed by atoms with Crippen LogP contribution in [0.1, 0.15) is 35.1 Å². The maximum atomic E-state index is 12.4. The van der Waals surface area contributed by atoms with Gasteiger partial charge < -0.3 is 10.3 Å². The zero-order chi connectivity index (χ0) is 15.0. The van der Waals surface area contributed by atoms with E-state index in [4.69, 9.17) is 0 Å². The molecule has 2 aromatic heterocycles. The van der Waals surface area contributed by atoms with E-state index in [1.54, 1.807) is 0 Å². The lowest BCUT2D eigenvalue weighted by Gasteiger charge is -2.07. The number of carbonyl (C=O) groups is 1. The van der Waals surface area contributed by atoms with Crippen molar-refractivity contribution in [1.82, 2.24) is 9.97 Å². The van der Waals surface area contributed by atoms with Crippen molar-refractivity contribution < 1.29 is 4.79 Å². The maximum absolute atomic E-state index is 12.4. The fraction of sp³-hybridized carbons (Fsp3) is 0.200. The highest BCUT2D eigenvalue weighted by Gasteiger charge is 2.19. The summed E-state index contributed by atoms with van der Waals surface area (Å²) < 4.78 is 0.733. The fourth-order valence-corrected chi connectivity index (χ4v) is 3.66. The molecule has 1 amide bonds. The van der Waals surface area contributed by atoms with Crippen LogP contribution >= 0.6 is 27.3 Å². The van der Waals surface area contributed by atoms with Crippen LogP contribution < -0.4 is 5.32 Å². The normalized spacial score (nSPS) is 11.2. The van der Waals surface area contributed by atoms with Crippen LogP contribution in [0, 0.1) is 0 Å². The van der Waals surface area contributed by atoms with Gasteiger partial charge in [0.15, 0.2) is 3.92 Å². The number of fused-ring (bicyclic) bond motifs is 1. The summed E-state index contributed by atoms with van der Waals surface area (Å²) >= 11 is 4.86. The van der Waals surface area contributed by atoms with Gasteiger partial charge in [0.05, 0.1) is 0 Å². The Morgan fingerprint density at radius 3 is 2.95 bits per heavy atom. The standard InChI is InChI=1S/C15H14BrN3OS/c1-8(2)13-12(19-15(16)21-13)14(20)18-10-4-3-9-5-6-17-11(9)7-10/h3-8,17H,1-2H3,(H,18,20). The molecule has 21 heavy (non-hydrogen) atoms. The number of nitrogens with zero attached hydrogens (tertiary/aromatic N) is 1. The lowest BCUT2D eigenvalue weighted by atomic mass is 10.1. The summed E-state index contributed by atoms with van der Waals surface area (Å²) in [6.45, 7) is 4.11. The summed E-state index contributed by atoms with van der Waals surface area (Å²) in [5.74, 6) is 0.0898. The number of thiazole rings is 1. The van der Waals surface area contributed by atoms with Gasteiger partial charge in [-0.3, -0.25) is 4.79 Å². The summed E-state index contributed by atoms with van der Waals surface area (Å²) in [6, 6.07) is 7.78. The van der Waals surface area contributed by atoms with Gasteiger partial charge in [-0.2, -0.15) is 0 Å². The van der Waals surface area contributed by atoms with Gasteiger partial charge in [-0.05, 0) is 45.4 Å². The Balaban J connectivity index is 1.88. The van der Waals surface area contributed by atoms with E-state index in [1.807, 2.05) is 30.5 Å². The van der Waals surface area contributed by atoms with Gasteiger partial charge in [-0.15, -0.1) is 11.3 Å². The van der Waals surface area contributed by atoms with Crippen molar-refractivity contribution in [3.05, 3.63) is 45.0 Å². The molecule has 6 heteroatoms. The van der Waals surface area contributed by atoms with E-state index in [1.165, 1.54) is 11.3 Å². The Morgan fingerprint density at radius 2 is 2.19 bits per heavy atom. The lowest BCUT2D eigenvalue weighted by molar-refractivity contribution is 0.102. The molecular weight excluding hydrogens is 350 g/mol. The SMILES string of the molecule is CC(C)c1sc(Br)nc1C(=O)Nc1ccc2cc[nH]c2c1. The number of H-pyrrole nitrogens is 1. The largest absolute Gasteiger partial charge is 0.361 e. The second-order valence-corrected chi connectivity index (χ2v) is 7.37. The molecule has 0 bridgehead atoms. The Morgan fingerprint density at radius 1 is 1.38 bits per heavy atom. The summed E-state index contributed by atoms with van der Waals surface area (Å²) in [6.07, 6.45) is 1.88. The number of amides is 1. The molecule has 0 aliphatic heterocycles. The molecular formula is C15H14BrN3OS. The molecule has 2 N–H and O–H groups in total. The molecule has 3 rings (SSSR count). The van der Waals surface area contributed by atoms with Gasteiger partial charge in [0.2, 0.25) is 0 Å². The molecule has 0 aliphatic carbocycles. The van der Waals surface area contributed by atoms with E-state index in [0.29, 0.717) is 5.69 Å². The number of rotatable bonds is 3. The van der Waals surface area contributed by atoms with E-state index >= 15 is 0 Å². The van der Waals surface area contributed by atoms with Gasteiger partial charge in [-0.1, -0.05) is 19.9 Å². The third kappa shape index (κ3) is 2.87. The quantitative estimate of drug-likeness (QED) is 0.704. The first-order valence-electron chi connectivity index (χ1n) is 6.59. The number of nitrogens with one attached hydrogen (secondary N) is 2. The number of aromatic nitrogens is 2. The number of halogens is 1. The van der Waals surface area contributed by atoms with Crippen molar-refractivity contribution >= 4 is 49.8 Å². The molecule has 3 aromatic rings. The number of hydrogen-bond acceptors (Lipinski definition) is 3. The van der Waals surface area contributed by atoms with E-state index < -0.39 is 0 Å². The minimum absolute atomic E-state index is 0.174. The van der Waals surface area contributed by atoms with Crippen LogP contribution in [0.2, 0.25) is 0 Å². The van der Waals surface area contributed by atoms with E-state index in [9.17, 15) is 4.79 Å². The zero-order valence-electron chi connectivity index (χ0n) is 11.6. The topological polar surface area (TPSA) is 57.8 Å². The van der Waals surface area contributed by atoms with Gasteiger partial charge in [-0.25, -0.2) is 4.98 Å². The molecule has 4 nitrogen and oxygen atoms in total. The molecule has 0 saturated carbocycles. The highest BCUT2D eigenvalue weighted by Crippen LogP contribution is 2.30. The number of hydrogen-bond donors (Lipinski definition) is 2. The van der Waals surface area contributed by atoms with Crippen molar-refractivity contribution in [2.24, 2.45) is 0 Å². The molecule has 0 aliphatic rings. The Kier molecular flexibility index (Phi) is 3.82. The first-order chi connectivity index (χ1) is 10.0. The summed E-state index contributed by atoms with van der Waals surface area (Å²) in [5.41, 5.74) is 2.25. The summed E-state index contributed by atoms with van der Waals surface area (Å²) in [7, 11) is 0. The third-order valence-electron chi connectivity index (χ3n) is 3.18. The number of aromatic amines is 1. The van der Waals surface area contributed by atoms with Crippen LogP contribution in [0.15, 0.2) is 34.4 Å². The Labute approximate surface area is 134 Å². The van der Waals surface area contributed by atoms with E-state index in [2.05, 4.69) is 45.1 Å². The summed E-state index contributed by atoms with van der Waals surface area (Å²) in [4.78, 5) is 20.8. The van der Waals surface area contributed by atoms with Gasteiger partial charge in [0.1, 0.15) is 5.69 Å². The molecule has 2 heterocycles. The van der Waals surface area contributed by atoms with Gasteiger partial charge in [0, 0.05) is 22.3 Å². The average Bonchev–Trinajstić information content (AvgIpc) is 3.04. The van der Waals surface area contributed by atoms with Crippen molar-refractivity contribution in [3.8, 4) is 0 Å². The predicted octanol–water partition coefficient (Wildman–Crippen LogP) is 4.76. The van der Waals surface area contributed by atoms with Crippen LogP contribution in [0.25, 0.3) is 10.9 Å². The first kappa shape index (κ1) is 14.3. The molecule has 0 spiro atoms. The molecule has 1 aromatic carbocycles. The lowest BCUT2D eigenvalue weighted by Crippen LogP contribution is -2.14. The monoisotopic (exact) mass is 363 g/mol. The number of carbonyl (C=O) groups excluding carboxylic acids is 1. The smallest absolute Gasteiger partial charge is 0.275 e.